The van der Waals surface area contributed by atoms with Crippen LogP contribution in [0.25, 0.3) is 11.0 Å². The molecular weight excluding hydrogens is 382 g/mol. The standard InChI is InChI=1S/C23H29N3O4/c1-5-15(4)26-20-9-8-16(23(29)25-18(14(2)3)13-22(27)28)11-19(20)24-21(26)12-17-7-6-10-30-17/h6-11,14-15,18H,5,12-13H2,1-4H3,(H,25,29)(H,27,28). The van der Waals surface area contributed by atoms with Crippen molar-refractivity contribution in [1.29, 1.82) is 0 Å². The fourth-order valence-corrected chi connectivity index (χ4v) is 3.55. The van der Waals surface area contributed by atoms with E-state index in [1.54, 1.807) is 18.4 Å². The molecule has 1 aromatic carbocycles. The van der Waals surface area contributed by atoms with Crippen LogP contribution in [0.2, 0.25) is 0 Å². The Kier molecular flexibility index (Phi) is 6.59. The van der Waals surface area contributed by atoms with Crippen molar-refractivity contribution in [2.45, 2.75) is 59.0 Å². The van der Waals surface area contributed by atoms with Crippen molar-refractivity contribution in [2.24, 2.45) is 5.92 Å². The molecule has 2 heterocycles. The maximum Gasteiger partial charge on any atom is 0.305 e. The number of carbonyl (C=O) groups excluding carboxylic acids is 1. The normalized spacial score (nSPS) is 13.5. The van der Waals surface area contributed by atoms with E-state index < -0.39 is 12.0 Å². The zero-order chi connectivity index (χ0) is 21.8. The Bertz CT molecular complexity index is 1020. The highest BCUT2D eigenvalue weighted by Gasteiger charge is 2.22. The van der Waals surface area contributed by atoms with E-state index in [9.17, 15) is 9.59 Å². The van der Waals surface area contributed by atoms with Gasteiger partial charge >= 0.3 is 5.97 Å². The Morgan fingerprint density at radius 1 is 1.23 bits per heavy atom. The third kappa shape index (κ3) is 4.72. The molecule has 2 aromatic heterocycles. The van der Waals surface area contributed by atoms with Crippen molar-refractivity contribution in [3.8, 4) is 0 Å². The van der Waals surface area contributed by atoms with Gasteiger partial charge in [-0.15, -0.1) is 0 Å². The van der Waals surface area contributed by atoms with Crippen LogP contribution >= 0.6 is 0 Å². The molecule has 2 atom stereocenters. The molecule has 0 spiro atoms. The molecule has 0 fully saturated rings. The second-order valence-corrected chi connectivity index (χ2v) is 8.04. The summed E-state index contributed by atoms with van der Waals surface area (Å²) in [7, 11) is 0. The van der Waals surface area contributed by atoms with Crippen LogP contribution in [0.15, 0.2) is 41.0 Å². The summed E-state index contributed by atoms with van der Waals surface area (Å²) in [5.74, 6) is 0.513. The first kappa shape index (κ1) is 21.6. The molecular formula is C23H29N3O4. The highest BCUT2D eigenvalue weighted by atomic mass is 16.4. The number of nitrogens with zero attached hydrogens (tertiary/aromatic N) is 2. The Morgan fingerprint density at radius 2 is 2.00 bits per heavy atom. The first-order valence-electron chi connectivity index (χ1n) is 10.4. The number of carbonyl (C=O) groups is 2. The van der Waals surface area contributed by atoms with Gasteiger partial charge < -0.3 is 19.4 Å². The minimum absolute atomic E-state index is 0.0123. The fraction of sp³-hybridized carbons (Fsp3) is 0.435. The third-order valence-corrected chi connectivity index (χ3v) is 5.48. The van der Waals surface area contributed by atoms with Crippen LogP contribution < -0.4 is 5.32 Å². The molecule has 7 nitrogen and oxygen atoms in total. The zero-order valence-electron chi connectivity index (χ0n) is 17.9. The molecule has 3 rings (SSSR count). The molecule has 7 heteroatoms. The fourth-order valence-electron chi connectivity index (χ4n) is 3.55. The van der Waals surface area contributed by atoms with E-state index in [4.69, 9.17) is 14.5 Å². The molecule has 1 amide bonds. The molecule has 2 unspecified atom stereocenters. The summed E-state index contributed by atoms with van der Waals surface area (Å²) in [4.78, 5) is 28.7. The summed E-state index contributed by atoms with van der Waals surface area (Å²) in [6.07, 6.45) is 3.06. The summed E-state index contributed by atoms with van der Waals surface area (Å²) in [5, 5.41) is 12.0. The number of furan rings is 1. The quantitative estimate of drug-likeness (QED) is 0.543. The van der Waals surface area contributed by atoms with Crippen LogP contribution in [0.1, 0.15) is 68.5 Å². The molecule has 0 aliphatic rings. The highest BCUT2D eigenvalue weighted by molar-refractivity contribution is 5.97. The molecule has 160 valence electrons. The maximum atomic E-state index is 12.8. The van der Waals surface area contributed by atoms with Crippen LogP contribution in [0.5, 0.6) is 0 Å². The van der Waals surface area contributed by atoms with Crippen LogP contribution in [0.3, 0.4) is 0 Å². The maximum absolute atomic E-state index is 12.8. The summed E-state index contributed by atoms with van der Waals surface area (Å²) in [6.45, 7) is 8.06. The molecule has 2 N–H and O–H groups in total. The van der Waals surface area contributed by atoms with Gasteiger partial charge in [0, 0.05) is 17.6 Å². The SMILES string of the molecule is CCC(C)n1c(Cc2ccco2)nc2cc(C(=O)NC(CC(=O)O)C(C)C)ccc21. The highest BCUT2D eigenvalue weighted by Crippen LogP contribution is 2.26. The number of aromatic nitrogens is 2. The number of rotatable bonds is 9. The predicted octanol–water partition coefficient (Wildman–Crippen LogP) is 4.42. The number of hydrogen-bond donors (Lipinski definition) is 2. The summed E-state index contributed by atoms with van der Waals surface area (Å²) in [5.41, 5.74) is 2.18. The average molecular weight is 412 g/mol. The topological polar surface area (TPSA) is 97.4 Å². The number of amides is 1. The van der Waals surface area contributed by atoms with Gasteiger partial charge in [-0.3, -0.25) is 9.59 Å². The number of carboxylic acids is 1. The number of fused-ring (bicyclic) bond motifs is 1. The molecule has 0 saturated carbocycles. The minimum atomic E-state index is -0.931. The third-order valence-electron chi connectivity index (χ3n) is 5.48. The second kappa shape index (κ2) is 9.15. The van der Waals surface area contributed by atoms with E-state index in [2.05, 4.69) is 23.7 Å². The largest absolute Gasteiger partial charge is 0.481 e. The Labute approximate surface area is 176 Å². The lowest BCUT2D eigenvalue weighted by atomic mass is 10.0. The minimum Gasteiger partial charge on any atom is -0.481 e. The van der Waals surface area contributed by atoms with Crippen LogP contribution in [-0.2, 0) is 11.2 Å². The van der Waals surface area contributed by atoms with Gasteiger partial charge in [-0.25, -0.2) is 4.98 Å². The van der Waals surface area contributed by atoms with Crippen molar-refractivity contribution >= 4 is 22.9 Å². The molecule has 0 saturated heterocycles. The van der Waals surface area contributed by atoms with Gasteiger partial charge in [0.25, 0.3) is 5.91 Å². The van der Waals surface area contributed by atoms with Crippen molar-refractivity contribution < 1.29 is 19.1 Å². The molecule has 30 heavy (non-hydrogen) atoms. The van der Waals surface area contributed by atoms with E-state index >= 15 is 0 Å². The molecule has 0 aliphatic heterocycles. The van der Waals surface area contributed by atoms with E-state index in [0.29, 0.717) is 12.0 Å². The van der Waals surface area contributed by atoms with Gasteiger partial charge in [0.05, 0.1) is 30.1 Å². The van der Waals surface area contributed by atoms with Crippen molar-refractivity contribution in [3.05, 3.63) is 53.7 Å². The first-order valence-corrected chi connectivity index (χ1v) is 10.4. The summed E-state index contributed by atoms with van der Waals surface area (Å²) in [6, 6.07) is 9.06. The van der Waals surface area contributed by atoms with Crippen molar-refractivity contribution in [1.82, 2.24) is 14.9 Å². The Hall–Kier alpha value is -3.09. The summed E-state index contributed by atoms with van der Waals surface area (Å²) < 4.78 is 7.69. The van der Waals surface area contributed by atoms with E-state index in [0.717, 1.165) is 29.0 Å². The lowest BCUT2D eigenvalue weighted by Gasteiger charge is -2.20. The van der Waals surface area contributed by atoms with Gasteiger partial charge in [0.2, 0.25) is 0 Å². The van der Waals surface area contributed by atoms with Crippen molar-refractivity contribution in [3.63, 3.8) is 0 Å². The number of imidazole rings is 1. The molecule has 3 aromatic rings. The molecule has 0 aliphatic carbocycles. The predicted molar refractivity (Wildman–Crippen MR) is 115 cm³/mol. The lowest BCUT2D eigenvalue weighted by molar-refractivity contribution is -0.137. The average Bonchev–Trinajstić information content (AvgIpc) is 3.33. The Morgan fingerprint density at radius 3 is 2.60 bits per heavy atom. The van der Waals surface area contributed by atoms with Gasteiger partial charge in [-0.1, -0.05) is 20.8 Å². The van der Waals surface area contributed by atoms with Crippen molar-refractivity contribution in [2.75, 3.05) is 0 Å². The Balaban J connectivity index is 1.93. The summed E-state index contributed by atoms with van der Waals surface area (Å²) >= 11 is 0. The molecule has 0 radical (unpaired) electrons. The lowest BCUT2D eigenvalue weighted by Crippen LogP contribution is -2.40. The zero-order valence-corrected chi connectivity index (χ0v) is 17.9. The first-order chi connectivity index (χ1) is 14.3. The van der Waals surface area contributed by atoms with Crippen LogP contribution in [0, 0.1) is 5.92 Å². The van der Waals surface area contributed by atoms with Crippen LogP contribution in [-0.4, -0.2) is 32.6 Å². The smallest absolute Gasteiger partial charge is 0.305 e. The monoisotopic (exact) mass is 411 g/mol. The molecule has 0 bridgehead atoms. The van der Waals surface area contributed by atoms with Gasteiger partial charge in [-0.2, -0.15) is 0 Å². The number of aliphatic carboxylic acids is 1. The van der Waals surface area contributed by atoms with E-state index in [-0.39, 0.29) is 24.3 Å². The number of carboxylic acid groups (broad SMARTS) is 1. The number of hydrogen-bond acceptors (Lipinski definition) is 4. The van der Waals surface area contributed by atoms with E-state index in [1.807, 2.05) is 32.0 Å². The number of nitrogens with one attached hydrogen (secondary N) is 1. The van der Waals surface area contributed by atoms with Gasteiger partial charge in [-0.05, 0) is 49.6 Å². The second-order valence-electron chi connectivity index (χ2n) is 8.04. The van der Waals surface area contributed by atoms with Crippen LogP contribution in [0.4, 0.5) is 0 Å². The van der Waals surface area contributed by atoms with E-state index in [1.165, 1.54) is 0 Å². The van der Waals surface area contributed by atoms with Gasteiger partial charge in [0.15, 0.2) is 0 Å². The van der Waals surface area contributed by atoms with Gasteiger partial charge in [0.1, 0.15) is 11.6 Å². The number of benzene rings is 1.